The van der Waals surface area contributed by atoms with Crippen molar-refractivity contribution in [3.05, 3.63) is 43.2 Å². The molecule has 0 aromatic carbocycles. The third kappa shape index (κ3) is 2.60. The molecule has 0 N–H and O–H groups in total. The van der Waals surface area contributed by atoms with Gasteiger partial charge in [-0.1, -0.05) is 0 Å². The van der Waals surface area contributed by atoms with E-state index in [1.54, 1.807) is 22.7 Å². The quantitative estimate of drug-likeness (QED) is 0.692. The van der Waals surface area contributed by atoms with Crippen LogP contribution in [0.3, 0.4) is 0 Å². The Morgan fingerprint density at radius 2 is 2.29 bits per heavy atom. The van der Waals surface area contributed by atoms with Crippen LogP contribution in [0, 0.1) is 0 Å². The maximum Gasteiger partial charge on any atom is 0.0701 e. The van der Waals surface area contributed by atoms with Gasteiger partial charge in [-0.15, -0.1) is 22.9 Å². The number of hydrogen-bond donors (Lipinski definition) is 0. The van der Waals surface area contributed by atoms with E-state index in [0.29, 0.717) is 0 Å². The van der Waals surface area contributed by atoms with Crippen LogP contribution in [0.25, 0.3) is 0 Å². The van der Waals surface area contributed by atoms with Gasteiger partial charge in [-0.2, -0.15) is 11.3 Å². The smallest absolute Gasteiger partial charge is 0.0701 e. The molecule has 0 aliphatic carbocycles. The molecule has 0 nitrogen and oxygen atoms in total. The highest BCUT2D eigenvalue weighted by molar-refractivity contribution is 9.11. The first kappa shape index (κ1) is 10.7. The van der Waals surface area contributed by atoms with Crippen molar-refractivity contribution in [1.29, 1.82) is 0 Å². The number of thiophene rings is 2. The van der Waals surface area contributed by atoms with E-state index < -0.39 is 0 Å². The van der Waals surface area contributed by atoms with Crippen LogP contribution in [0.5, 0.6) is 0 Å². The Morgan fingerprint density at radius 1 is 1.43 bits per heavy atom. The van der Waals surface area contributed by atoms with E-state index in [4.69, 9.17) is 11.6 Å². The predicted molar refractivity (Wildman–Crippen MR) is 68.6 cm³/mol. The molecule has 0 spiro atoms. The molecule has 0 amide bonds. The molecule has 4 heteroatoms. The summed E-state index contributed by atoms with van der Waals surface area (Å²) in [7, 11) is 0. The lowest BCUT2D eigenvalue weighted by Crippen LogP contribution is -1.91. The van der Waals surface area contributed by atoms with Crippen molar-refractivity contribution < 1.29 is 0 Å². The van der Waals surface area contributed by atoms with Crippen molar-refractivity contribution in [2.24, 2.45) is 0 Å². The van der Waals surface area contributed by atoms with Gasteiger partial charge in [0, 0.05) is 0 Å². The number of alkyl halides is 1. The van der Waals surface area contributed by atoms with Crippen LogP contribution in [0.1, 0.15) is 16.5 Å². The molecule has 0 aliphatic heterocycles. The molecule has 14 heavy (non-hydrogen) atoms. The lowest BCUT2D eigenvalue weighted by Gasteiger charge is -2.04. The molecular formula is C10H8BrClS2. The van der Waals surface area contributed by atoms with Crippen LogP contribution in [-0.4, -0.2) is 0 Å². The summed E-state index contributed by atoms with van der Waals surface area (Å²) in [4.78, 5) is 0. The van der Waals surface area contributed by atoms with Gasteiger partial charge in [-0.3, -0.25) is 0 Å². The number of rotatable bonds is 3. The van der Waals surface area contributed by atoms with Gasteiger partial charge in [0.1, 0.15) is 0 Å². The Balaban J connectivity index is 2.06. The van der Waals surface area contributed by atoms with Gasteiger partial charge >= 0.3 is 0 Å². The minimum absolute atomic E-state index is 0.0900. The fourth-order valence-corrected chi connectivity index (χ4v) is 3.51. The molecule has 0 bridgehead atoms. The van der Waals surface area contributed by atoms with Crippen molar-refractivity contribution in [2.75, 3.05) is 0 Å². The third-order valence-electron chi connectivity index (χ3n) is 1.94. The SMILES string of the molecule is ClC(Cc1ccsc1)c1csc(Br)c1. The zero-order valence-electron chi connectivity index (χ0n) is 7.24. The summed E-state index contributed by atoms with van der Waals surface area (Å²) in [5, 5.41) is 6.43. The highest BCUT2D eigenvalue weighted by Gasteiger charge is 2.10. The second kappa shape index (κ2) is 4.79. The monoisotopic (exact) mass is 306 g/mol. The minimum Gasteiger partial charge on any atom is -0.152 e. The largest absolute Gasteiger partial charge is 0.152 e. The van der Waals surface area contributed by atoms with E-state index in [-0.39, 0.29) is 5.38 Å². The van der Waals surface area contributed by atoms with E-state index in [0.717, 1.165) is 10.2 Å². The van der Waals surface area contributed by atoms with Gasteiger partial charge in [-0.05, 0) is 61.8 Å². The van der Waals surface area contributed by atoms with Crippen LogP contribution in [0.4, 0.5) is 0 Å². The first-order chi connectivity index (χ1) is 6.75. The van der Waals surface area contributed by atoms with Crippen molar-refractivity contribution in [3.8, 4) is 0 Å². The Morgan fingerprint density at radius 3 is 2.86 bits per heavy atom. The van der Waals surface area contributed by atoms with E-state index in [2.05, 4.69) is 44.2 Å². The molecule has 2 aromatic heterocycles. The maximum absolute atomic E-state index is 6.30. The minimum atomic E-state index is 0.0900. The summed E-state index contributed by atoms with van der Waals surface area (Å²) in [6.07, 6.45) is 0.911. The average Bonchev–Trinajstić information content (AvgIpc) is 2.75. The number of hydrogen-bond acceptors (Lipinski definition) is 2. The first-order valence-electron chi connectivity index (χ1n) is 4.15. The molecule has 2 heterocycles. The Hall–Kier alpha value is 0.170. The summed E-state index contributed by atoms with van der Waals surface area (Å²) in [5.41, 5.74) is 2.52. The van der Waals surface area contributed by atoms with Crippen LogP contribution >= 0.6 is 50.2 Å². The Kier molecular flexibility index (Phi) is 3.66. The van der Waals surface area contributed by atoms with Crippen molar-refractivity contribution in [2.45, 2.75) is 11.8 Å². The zero-order valence-corrected chi connectivity index (χ0v) is 11.2. The van der Waals surface area contributed by atoms with E-state index in [9.17, 15) is 0 Å². The highest BCUT2D eigenvalue weighted by atomic mass is 79.9. The van der Waals surface area contributed by atoms with Crippen LogP contribution < -0.4 is 0 Å². The molecule has 0 saturated carbocycles. The molecule has 0 aliphatic rings. The Bertz CT molecular complexity index is 394. The second-order valence-electron chi connectivity index (χ2n) is 2.99. The molecule has 0 radical (unpaired) electrons. The molecule has 1 atom stereocenters. The van der Waals surface area contributed by atoms with E-state index in [1.165, 1.54) is 11.1 Å². The molecule has 0 saturated heterocycles. The molecule has 0 fully saturated rings. The van der Waals surface area contributed by atoms with Crippen LogP contribution in [0.2, 0.25) is 0 Å². The van der Waals surface area contributed by atoms with Gasteiger partial charge in [-0.25, -0.2) is 0 Å². The van der Waals surface area contributed by atoms with Gasteiger partial charge in [0.2, 0.25) is 0 Å². The fourth-order valence-electron chi connectivity index (χ4n) is 1.22. The van der Waals surface area contributed by atoms with Crippen molar-refractivity contribution >= 4 is 50.2 Å². The van der Waals surface area contributed by atoms with Crippen LogP contribution in [-0.2, 0) is 6.42 Å². The van der Waals surface area contributed by atoms with Crippen LogP contribution in [0.15, 0.2) is 32.1 Å². The third-order valence-corrected chi connectivity index (χ3v) is 4.61. The molecular weight excluding hydrogens is 300 g/mol. The standard InChI is InChI=1S/C10H8BrClS2/c11-10-4-8(6-14-10)9(12)3-7-1-2-13-5-7/h1-2,4-6,9H,3H2. The molecule has 74 valence electrons. The maximum atomic E-state index is 6.30. The summed E-state index contributed by atoms with van der Waals surface area (Å²) in [5.74, 6) is 0. The summed E-state index contributed by atoms with van der Waals surface area (Å²) < 4.78 is 1.14. The lowest BCUT2D eigenvalue weighted by molar-refractivity contribution is 0.930. The summed E-state index contributed by atoms with van der Waals surface area (Å²) in [6.45, 7) is 0. The van der Waals surface area contributed by atoms with Gasteiger partial charge in [0.15, 0.2) is 0 Å². The van der Waals surface area contributed by atoms with E-state index in [1.807, 2.05) is 0 Å². The van der Waals surface area contributed by atoms with Crippen molar-refractivity contribution in [3.63, 3.8) is 0 Å². The van der Waals surface area contributed by atoms with E-state index >= 15 is 0 Å². The average molecular weight is 308 g/mol. The summed E-state index contributed by atoms with van der Waals surface area (Å²) in [6, 6.07) is 4.22. The second-order valence-corrected chi connectivity index (χ2v) is 6.58. The zero-order chi connectivity index (χ0) is 9.97. The number of halogens is 2. The van der Waals surface area contributed by atoms with Gasteiger partial charge in [0.25, 0.3) is 0 Å². The Labute approximate surface area is 105 Å². The van der Waals surface area contributed by atoms with Gasteiger partial charge in [0.05, 0.1) is 9.16 Å². The fraction of sp³-hybridized carbons (Fsp3) is 0.200. The predicted octanol–water partition coefficient (Wildman–Crippen LogP) is 5.09. The normalized spacial score (nSPS) is 13.0. The highest BCUT2D eigenvalue weighted by Crippen LogP contribution is 2.31. The van der Waals surface area contributed by atoms with Gasteiger partial charge < -0.3 is 0 Å². The molecule has 2 aromatic rings. The first-order valence-corrected chi connectivity index (χ1v) is 7.20. The molecule has 2 rings (SSSR count). The lowest BCUT2D eigenvalue weighted by atomic mass is 10.1. The topological polar surface area (TPSA) is 0 Å². The van der Waals surface area contributed by atoms with Crippen molar-refractivity contribution in [1.82, 2.24) is 0 Å². The summed E-state index contributed by atoms with van der Waals surface area (Å²) >= 11 is 13.1. The molecule has 1 unspecified atom stereocenters.